The van der Waals surface area contributed by atoms with Crippen molar-refractivity contribution in [2.45, 2.75) is 30.8 Å². The van der Waals surface area contributed by atoms with Crippen LogP contribution in [0.15, 0.2) is 56.8 Å². The van der Waals surface area contributed by atoms with Gasteiger partial charge in [0.1, 0.15) is 11.4 Å². The molecule has 0 fully saturated rings. The molecule has 6 nitrogen and oxygen atoms in total. The Morgan fingerprint density at radius 3 is 2.59 bits per heavy atom. The SMILES string of the molecule is Cc1cc2oc(=O)cc(CSc3nnc(C(C)N(C)C)n3-c3ccc(F)cc3)c2cc1Cl. The molecule has 0 aliphatic heterocycles. The fraction of sp³-hybridized carbons (Fsp3) is 0.261. The molecular weight excluding hydrogens is 451 g/mol. The normalized spacial score (nSPS) is 12.6. The Kier molecular flexibility index (Phi) is 6.37. The fourth-order valence-corrected chi connectivity index (χ4v) is 4.43. The third-order valence-electron chi connectivity index (χ3n) is 5.36. The zero-order valence-corrected chi connectivity index (χ0v) is 19.7. The molecule has 166 valence electrons. The van der Waals surface area contributed by atoms with Gasteiger partial charge < -0.3 is 4.42 Å². The molecule has 0 aliphatic rings. The average Bonchev–Trinajstić information content (AvgIpc) is 3.17. The Bertz CT molecular complexity index is 1330. The molecule has 0 radical (unpaired) electrons. The van der Waals surface area contributed by atoms with Gasteiger partial charge in [-0.05, 0) is 75.5 Å². The van der Waals surface area contributed by atoms with Gasteiger partial charge in [0.25, 0.3) is 0 Å². The maximum absolute atomic E-state index is 13.5. The first kappa shape index (κ1) is 22.5. The second-order valence-corrected chi connectivity index (χ2v) is 9.12. The largest absolute Gasteiger partial charge is 0.423 e. The summed E-state index contributed by atoms with van der Waals surface area (Å²) in [7, 11) is 3.92. The molecule has 9 heteroatoms. The second-order valence-electron chi connectivity index (χ2n) is 7.77. The van der Waals surface area contributed by atoms with Gasteiger partial charge in [0.05, 0.1) is 6.04 Å². The third kappa shape index (κ3) is 4.44. The van der Waals surface area contributed by atoms with E-state index in [9.17, 15) is 9.18 Å². The van der Waals surface area contributed by atoms with Gasteiger partial charge in [-0.1, -0.05) is 23.4 Å². The Hall–Kier alpha value is -2.68. The Morgan fingerprint density at radius 2 is 1.91 bits per heavy atom. The smallest absolute Gasteiger partial charge is 0.336 e. The minimum absolute atomic E-state index is 0.0201. The quantitative estimate of drug-likeness (QED) is 0.277. The second kappa shape index (κ2) is 9.05. The van der Waals surface area contributed by atoms with Crippen LogP contribution in [0.2, 0.25) is 5.02 Å². The molecule has 0 bridgehead atoms. The van der Waals surface area contributed by atoms with E-state index in [-0.39, 0.29) is 11.9 Å². The van der Waals surface area contributed by atoms with Gasteiger partial charge in [-0.25, -0.2) is 9.18 Å². The number of aryl methyl sites for hydroxylation is 1. The number of benzene rings is 2. The molecule has 0 amide bonds. The zero-order chi connectivity index (χ0) is 23.0. The van der Waals surface area contributed by atoms with Gasteiger partial charge in [-0.3, -0.25) is 9.47 Å². The van der Waals surface area contributed by atoms with Crippen LogP contribution in [-0.2, 0) is 5.75 Å². The van der Waals surface area contributed by atoms with Crippen molar-refractivity contribution in [3.8, 4) is 5.69 Å². The lowest BCUT2D eigenvalue weighted by atomic mass is 10.1. The number of hydrogen-bond donors (Lipinski definition) is 0. The highest BCUT2D eigenvalue weighted by molar-refractivity contribution is 7.98. The number of hydrogen-bond acceptors (Lipinski definition) is 6. The summed E-state index contributed by atoms with van der Waals surface area (Å²) in [5.41, 5.74) is 2.47. The molecule has 0 saturated carbocycles. The highest BCUT2D eigenvalue weighted by atomic mass is 35.5. The third-order valence-corrected chi connectivity index (χ3v) is 6.74. The topological polar surface area (TPSA) is 64.2 Å². The molecule has 2 aromatic heterocycles. The number of fused-ring (bicyclic) bond motifs is 1. The predicted octanol–water partition coefficient (Wildman–Crippen LogP) is 5.39. The molecule has 0 spiro atoms. The Morgan fingerprint density at radius 1 is 1.19 bits per heavy atom. The molecule has 4 aromatic rings. The van der Waals surface area contributed by atoms with Crippen molar-refractivity contribution < 1.29 is 8.81 Å². The molecule has 1 unspecified atom stereocenters. The van der Waals surface area contributed by atoms with E-state index in [4.69, 9.17) is 16.0 Å². The summed E-state index contributed by atoms with van der Waals surface area (Å²) in [6.45, 7) is 3.89. The zero-order valence-electron chi connectivity index (χ0n) is 18.1. The number of rotatable bonds is 6. The van der Waals surface area contributed by atoms with E-state index >= 15 is 0 Å². The summed E-state index contributed by atoms with van der Waals surface area (Å²) < 4.78 is 20.8. The summed E-state index contributed by atoms with van der Waals surface area (Å²) in [5.74, 6) is 0.880. The predicted molar refractivity (Wildman–Crippen MR) is 125 cm³/mol. The summed E-state index contributed by atoms with van der Waals surface area (Å²) in [6.07, 6.45) is 0. The van der Waals surface area contributed by atoms with Crippen LogP contribution < -0.4 is 5.63 Å². The van der Waals surface area contributed by atoms with E-state index in [1.165, 1.54) is 30.0 Å². The molecule has 2 heterocycles. The fourth-order valence-electron chi connectivity index (χ4n) is 3.32. The van der Waals surface area contributed by atoms with Gasteiger partial charge in [-0.2, -0.15) is 0 Å². The number of halogens is 2. The van der Waals surface area contributed by atoms with Crippen molar-refractivity contribution in [3.05, 3.63) is 80.7 Å². The monoisotopic (exact) mass is 472 g/mol. The van der Waals surface area contributed by atoms with Crippen molar-refractivity contribution in [1.82, 2.24) is 19.7 Å². The van der Waals surface area contributed by atoms with Gasteiger partial charge in [0.2, 0.25) is 0 Å². The summed E-state index contributed by atoms with van der Waals surface area (Å²) in [5, 5.41) is 10.8. The molecule has 0 aliphatic carbocycles. The van der Waals surface area contributed by atoms with Crippen LogP contribution in [0.1, 0.15) is 29.9 Å². The lowest BCUT2D eigenvalue weighted by Crippen LogP contribution is -2.20. The summed E-state index contributed by atoms with van der Waals surface area (Å²) >= 11 is 7.75. The Labute approximate surface area is 194 Å². The van der Waals surface area contributed by atoms with Crippen molar-refractivity contribution in [2.75, 3.05) is 14.1 Å². The van der Waals surface area contributed by atoms with Crippen molar-refractivity contribution in [1.29, 1.82) is 0 Å². The molecule has 2 aromatic carbocycles. The summed E-state index contributed by atoms with van der Waals surface area (Å²) in [6, 6.07) is 11.3. The van der Waals surface area contributed by atoms with Crippen molar-refractivity contribution in [3.63, 3.8) is 0 Å². The lowest BCUT2D eigenvalue weighted by molar-refractivity contribution is 0.305. The lowest BCUT2D eigenvalue weighted by Gasteiger charge is -2.20. The molecule has 4 rings (SSSR count). The Balaban J connectivity index is 1.75. The van der Waals surface area contributed by atoms with Gasteiger partial charge in [-0.15, -0.1) is 10.2 Å². The van der Waals surface area contributed by atoms with E-state index in [0.29, 0.717) is 21.5 Å². The number of aromatic nitrogens is 3. The molecular formula is C23H22ClFN4O2S. The van der Waals surface area contributed by atoms with E-state index < -0.39 is 5.63 Å². The van der Waals surface area contributed by atoms with E-state index in [1.54, 1.807) is 18.2 Å². The van der Waals surface area contributed by atoms with Crippen LogP contribution in [-0.4, -0.2) is 33.8 Å². The van der Waals surface area contributed by atoms with Crippen LogP contribution in [0, 0.1) is 12.7 Å². The van der Waals surface area contributed by atoms with E-state index in [0.717, 1.165) is 28.0 Å². The molecule has 32 heavy (non-hydrogen) atoms. The number of nitrogens with zero attached hydrogens (tertiary/aromatic N) is 4. The van der Waals surface area contributed by atoms with Gasteiger partial charge in [0.15, 0.2) is 11.0 Å². The van der Waals surface area contributed by atoms with Crippen LogP contribution in [0.5, 0.6) is 0 Å². The van der Waals surface area contributed by atoms with Crippen molar-refractivity contribution >= 4 is 34.3 Å². The van der Waals surface area contributed by atoms with Gasteiger partial charge >= 0.3 is 5.63 Å². The first-order valence-electron chi connectivity index (χ1n) is 9.98. The highest BCUT2D eigenvalue weighted by Crippen LogP contribution is 2.32. The van der Waals surface area contributed by atoms with Crippen LogP contribution in [0.4, 0.5) is 4.39 Å². The number of thioether (sulfide) groups is 1. The standard InChI is InChI=1S/C23H22ClFN4O2S/c1-13-9-20-18(11-19(13)24)15(10-21(30)31-20)12-32-23-27-26-22(14(2)28(3)4)29(23)17-7-5-16(25)6-8-17/h5-11,14H,12H2,1-4H3. The molecule has 0 saturated heterocycles. The van der Waals surface area contributed by atoms with E-state index in [2.05, 4.69) is 10.2 Å². The average molecular weight is 473 g/mol. The first-order chi connectivity index (χ1) is 15.2. The molecule has 0 N–H and O–H groups in total. The maximum atomic E-state index is 13.5. The summed E-state index contributed by atoms with van der Waals surface area (Å²) in [4.78, 5) is 14.1. The van der Waals surface area contributed by atoms with Crippen LogP contribution >= 0.6 is 23.4 Å². The minimum atomic E-state index is -0.420. The van der Waals surface area contributed by atoms with E-state index in [1.807, 2.05) is 43.5 Å². The first-order valence-corrected chi connectivity index (χ1v) is 11.3. The molecule has 1 atom stereocenters. The van der Waals surface area contributed by atoms with Crippen LogP contribution in [0.3, 0.4) is 0 Å². The maximum Gasteiger partial charge on any atom is 0.336 e. The van der Waals surface area contributed by atoms with Crippen LogP contribution in [0.25, 0.3) is 16.7 Å². The van der Waals surface area contributed by atoms with Gasteiger partial charge in [0, 0.05) is 27.9 Å². The minimum Gasteiger partial charge on any atom is -0.423 e. The highest BCUT2D eigenvalue weighted by Gasteiger charge is 2.21. The van der Waals surface area contributed by atoms with Crippen molar-refractivity contribution in [2.24, 2.45) is 0 Å².